The van der Waals surface area contributed by atoms with Crippen molar-refractivity contribution in [2.75, 3.05) is 11.5 Å². The molecule has 130 valence electrons. The summed E-state index contributed by atoms with van der Waals surface area (Å²) in [7, 11) is 0. The first-order chi connectivity index (χ1) is 12.4. The Labute approximate surface area is 149 Å². The third-order valence-electron chi connectivity index (χ3n) is 4.09. The minimum absolute atomic E-state index is 0.0710. The number of rotatable bonds is 4. The van der Waals surface area contributed by atoms with Crippen molar-refractivity contribution >= 4 is 23.3 Å². The summed E-state index contributed by atoms with van der Waals surface area (Å²) in [4.78, 5) is 23.1. The van der Waals surface area contributed by atoms with E-state index in [4.69, 9.17) is 11.5 Å². The van der Waals surface area contributed by atoms with Crippen LogP contribution in [-0.2, 0) is 0 Å². The minimum atomic E-state index is -1.09. The first-order valence-electron chi connectivity index (χ1n) is 7.74. The summed E-state index contributed by atoms with van der Waals surface area (Å²) in [6, 6.07) is 16.2. The molecule has 6 heteroatoms. The van der Waals surface area contributed by atoms with Crippen LogP contribution in [0.5, 0.6) is 0 Å². The van der Waals surface area contributed by atoms with Gasteiger partial charge in [0.2, 0.25) is 0 Å². The Morgan fingerprint density at radius 3 is 1.42 bits per heavy atom. The summed E-state index contributed by atoms with van der Waals surface area (Å²) < 4.78 is 0. The van der Waals surface area contributed by atoms with Crippen molar-refractivity contribution in [3.05, 3.63) is 71.8 Å². The minimum Gasteiger partial charge on any atom is -0.478 e. The lowest BCUT2D eigenvalue weighted by Crippen LogP contribution is -2.04. The van der Waals surface area contributed by atoms with E-state index in [1.807, 2.05) is 0 Å². The molecule has 0 fully saturated rings. The molecule has 0 aromatic heterocycles. The van der Waals surface area contributed by atoms with Crippen LogP contribution in [0.25, 0.3) is 22.3 Å². The highest BCUT2D eigenvalue weighted by atomic mass is 16.4. The molecular weight excluding hydrogens is 332 g/mol. The van der Waals surface area contributed by atoms with E-state index in [-0.39, 0.29) is 11.1 Å². The molecule has 0 atom stereocenters. The van der Waals surface area contributed by atoms with Gasteiger partial charge >= 0.3 is 11.9 Å². The van der Waals surface area contributed by atoms with Crippen molar-refractivity contribution in [2.45, 2.75) is 0 Å². The van der Waals surface area contributed by atoms with Gasteiger partial charge in [-0.15, -0.1) is 0 Å². The Morgan fingerprint density at radius 2 is 1.04 bits per heavy atom. The maximum Gasteiger partial charge on any atom is 0.336 e. The number of nitrogens with two attached hydrogens (primary N) is 2. The van der Waals surface area contributed by atoms with Crippen molar-refractivity contribution in [1.82, 2.24) is 0 Å². The first-order valence-corrected chi connectivity index (χ1v) is 7.74. The molecule has 6 N–H and O–H groups in total. The number of carboxylic acid groups (broad SMARTS) is 2. The standard InChI is InChI=1S/C20H16N2O4/c21-15-8-2-6-13(19(23)24)17(15)11-4-1-5-12(10-11)18-14(20(25)26)7-3-9-16(18)22/h1-10H,21-22H2,(H,23,24)(H,25,26). The molecule has 0 aliphatic heterocycles. The molecule has 0 amide bonds. The van der Waals surface area contributed by atoms with Crippen LogP contribution in [0.3, 0.4) is 0 Å². The monoisotopic (exact) mass is 348 g/mol. The Morgan fingerprint density at radius 1 is 0.654 bits per heavy atom. The summed E-state index contributed by atoms with van der Waals surface area (Å²) in [5, 5.41) is 18.9. The number of nitrogen functional groups attached to an aromatic ring is 2. The molecule has 6 nitrogen and oxygen atoms in total. The molecule has 0 heterocycles. The molecule has 0 aliphatic rings. The summed E-state index contributed by atoms with van der Waals surface area (Å²) in [5.74, 6) is -2.19. The Bertz CT molecular complexity index is 949. The van der Waals surface area contributed by atoms with E-state index < -0.39 is 11.9 Å². The van der Waals surface area contributed by atoms with Crippen LogP contribution in [-0.4, -0.2) is 22.2 Å². The van der Waals surface area contributed by atoms with Crippen LogP contribution < -0.4 is 11.5 Å². The number of hydrogen-bond donors (Lipinski definition) is 4. The van der Waals surface area contributed by atoms with E-state index in [1.54, 1.807) is 48.5 Å². The second kappa shape index (κ2) is 6.60. The van der Waals surface area contributed by atoms with Gasteiger partial charge in [0.05, 0.1) is 11.1 Å². The first kappa shape index (κ1) is 17.0. The average molecular weight is 348 g/mol. The normalized spacial score (nSPS) is 10.5. The smallest absolute Gasteiger partial charge is 0.336 e. The molecule has 3 rings (SSSR count). The van der Waals surface area contributed by atoms with Crippen molar-refractivity contribution in [1.29, 1.82) is 0 Å². The summed E-state index contributed by atoms with van der Waals surface area (Å²) in [6.07, 6.45) is 0. The molecule has 0 bridgehead atoms. The quantitative estimate of drug-likeness (QED) is 0.534. The van der Waals surface area contributed by atoms with Crippen LogP contribution in [0.15, 0.2) is 60.7 Å². The van der Waals surface area contributed by atoms with Crippen LogP contribution in [0.1, 0.15) is 20.7 Å². The molecule has 0 unspecified atom stereocenters. The zero-order valence-electron chi connectivity index (χ0n) is 13.6. The van der Waals surface area contributed by atoms with Crippen LogP contribution in [0.4, 0.5) is 11.4 Å². The van der Waals surface area contributed by atoms with Crippen molar-refractivity contribution < 1.29 is 19.8 Å². The predicted molar refractivity (Wildman–Crippen MR) is 100 cm³/mol. The highest BCUT2D eigenvalue weighted by molar-refractivity contribution is 6.02. The van der Waals surface area contributed by atoms with Crippen molar-refractivity contribution in [2.24, 2.45) is 0 Å². The third-order valence-corrected chi connectivity index (χ3v) is 4.09. The number of benzene rings is 3. The Balaban J connectivity index is 2.25. The highest BCUT2D eigenvalue weighted by Crippen LogP contribution is 2.35. The molecule has 0 radical (unpaired) electrons. The lowest BCUT2D eigenvalue weighted by molar-refractivity contribution is 0.0687. The maximum atomic E-state index is 11.5. The highest BCUT2D eigenvalue weighted by Gasteiger charge is 2.18. The number of anilines is 2. The zero-order chi connectivity index (χ0) is 18.8. The van der Waals surface area contributed by atoms with Gasteiger partial charge in [-0.3, -0.25) is 0 Å². The lowest BCUT2D eigenvalue weighted by atomic mass is 9.92. The van der Waals surface area contributed by atoms with E-state index in [0.29, 0.717) is 33.6 Å². The molecule has 0 spiro atoms. The second-order valence-corrected chi connectivity index (χ2v) is 5.73. The fourth-order valence-electron chi connectivity index (χ4n) is 2.97. The van der Waals surface area contributed by atoms with Crippen LogP contribution in [0.2, 0.25) is 0 Å². The number of carboxylic acids is 2. The van der Waals surface area contributed by atoms with Crippen molar-refractivity contribution in [3.8, 4) is 22.3 Å². The number of hydrogen-bond acceptors (Lipinski definition) is 4. The molecule has 26 heavy (non-hydrogen) atoms. The summed E-state index contributed by atoms with van der Waals surface area (Å²) >= 11 is 0. The lowest BCUT2D eigenvalue weighted by Gasteiger charge is -2.14. The van der Waals surface area contributed by atoms with Gasteiger partial charge in [-0.1, -0.05) is 30.3 Å². The van der Waals surface area contributed by atoms with E-state index in [1.165, 1.54) is 12.1 Å². The van der Waals surface area contributed by atoms with Gasteiger partial charge in [-0.2, -0.15) is 0 Å². The van der Waals surface area contributed by atoms with E-state index >= 15 is 0 Å². The van der Waals surface area contributed by atoms with E-state index in [9.17, 15) is 19.8 Å². The third kappa shape index (κ3) is 2.95. The SMILES string of the molecule is Nc1cccc(C(=O)O)c1-c1cccc(-c2c(N)cccc2C(=O)O)c1. The van der Waals surface area contributed by atoms with E-state index in [0.717, 1.165) is 0 Å². The van der Waals surface area contributed by atoms with Gasteiger partial charge in [-0.05, 0) is 41.5 Å². The fraction of sp³-hybridized carbons (Fsp3) is 0. The Hall–Kier alpha value is -3.80. The number of carbonyl (C=O) groups is 2. The number of aromatic carboxylic acids is 2. The molecule has 3 aromatic carbocycles. The van der Waals surface area contributed by atoms with Gasteiger partial charge in [0, 0.05) is 22.5 Å². The largest absolute Gasteiger partial charge is 0.478 e. The van der Waals surface area contributed by atoms with Gasteiger partial charge in [0.15, 0.2) is 0 Å². The summed E-state index contributed by atoms with van der Waals surface area (Å²) in [5.41, 5.74) is 14.7. The zero-order valence-corrected chi connectivity index (χ0v) is 13.6. The molecular formula is C20H16N2O4. The molecule has 0 saturated carbocycles. The average Bonchev–Trinajstić information content (AvgIpc) is 2.61. The van der Waals surface area contributed by atoms with Gasteiger partial charge < -0.3 is 21.7 Å². The molecule has 0 aliphatic carbocycles. The predicted octanol–water partition coefficient (Wildman–Crippen LogP) is 3.58. The summed E-state index contributed by atoms with van der Waals surface area (Å²) in [6.45, 7) is 0. The van der Waals surface area contributed by atoms with Gasteiger partial charge in [0.1, 0.15) is 0 Å². The van der Waals surface area contributed by atoms with Gasteiger partial charge in [0.25, 0.3) is 0 Å². The van der Waals surface area contributed by atoms with Gasteiger partial charge in [-0.25, -0.2) is 9.59 Å². The van der Waals surface area contributed by atoms with E-state index in [2.05, 4.69) is 0 Å². The maximum absolute atomic E-state index is 11.5. The molecule has 3 aromatic rings. The topological polar surface area (TPSA) is 127 Å². The van der Waals surface area contributed by atoms with Crippen LogP contribution in [0, 0.1) is 0 Å². The van der Waals surface area contributed by atoms with Crippen molar-refractivity contribution in [3.63, 3.8) is 0 Å². The molecule has 0 saturated heterocycles. The second-order valence-electron chi connectivity index (χ2n) is 5.73. The van der Waals surface area contributed by atoms with Crippen LogP contribution >= 0.6 is 0 Å². The fourth-order valence-corrected chi connectivity index (χ4v) is 2.97. The Kier molecular flexibility index (Phi) is 4.33.